The molecule has 2 aromatic carbocycles. The van der Waals surface area contributed by atoms with Gasteiger partial charge in [0.1, 0.15) is 0 Å². The van der Waals surface area contributed by atoms with E-state index in [4.69, 9.17) is 0 Å². The second-order valence-corrected chi connectivity index (χ2v) is 6.58. The van der Waals surface area contributed by atoms with Crippen molar-refractivity contribution < 1.29 is 14.4 Å². The molecule has 0 bridgehead atoms. The fourth-order valence-electron chi connectivity index (χ4n) is 3.40. The van der Waals surface area contributed by atoms with Crippen LogP contribution in [-0.4, -0.2) is 40.7 Å². The Bertz CT molecular complexity index is 860. The van der Waals surface area contributed by atoms with Crippen LogP contribution in [0.3, 0.4) is 0 Å². The van der Waals surface area contributed by atoms with Crippen LogP contribution in [0.15, 0.2) is 48.5 Å². The molecule has 2 aliphatic heterocycles. The topological polar surface area (TPSA) is 69.7 Å². The van der Waals surface area contributed by atoms with Gasteiger partial charge in [0.15, 0.2) is 0 Å². The predicted octanol–water partition coefficient (Wildman–Crippen LogP) is 1.94. The van der Waals surface area contributed by atoms with Crippen molar-refractivity contribution in [1.82, 2.24) is 15.1 Å². The molecule has 0 aliphatic carbocycles. The van der Waals surface area contributed by atoms with Crippen LogP contribution < -0.4 is 5.32 Å². The highest BCUT2D eigenvalue weighted by Gasteiger charge is 2.28. The minimum atomic E-state index is -0.373. The van der Waals surface area contributed by atoms with E-state index in [1.54, 1.807) is 24.3 Å². The first-order valence-electron chi connectivity index (χ1n) is 8.65. The summed E-state index contributed by atoms with van der Waals surface area (Å²) in [6.07, 6.45) is 0.867. The summed E-state index contributed by atoms with van der Waals surface area (Å²) in [5.74, 6) is -0.233. The number of carbonyl (C=O) groups excluding carboxylic acids is 3. The minimum absolute atomic E-state index is 0.000968. The Hall–Kier alpha value is -3.15. The zero-order valence-electron chi connectivity index (χ0n) is 14.3. The summed E-state index contributed by atoms with van der Waals surface area (Å²) in [6, 6.07) is 14.9. The van der Waals surface area contributed by atoms with Crippen molar-refractivity contribution in [2.45, 2.75) is 19.5 Å². The van der Waals surface area contributed by atoms with E-state index in [-0.39, 0.29) is 30.9 Å². The Labute approximate surface area is 151 Å². The summed E-state index contributed by atoms with van der Waals surface area (Å²) in [6.45, 7) is 1.60. The van der Waals surface area contributed by atoms with Crippen molar-refractivity contribution in [2.24, 2.45) is 0 Å². The van der Waals surface area contributed by atoms with E-state index in [2.05, 4.69) is 17.4 Å². The first kappa shape index (κ1) is 16.3. The van der Waals surface area contributed by atoms with Crippen LogP contribution in [0.4, 0.5) is 4.79 Å². The van der Waals surface area contributed by atoms with Gasteiger partial charge in [-0.05, 0) is 35.2 Å². The van der Waals surface area contributed by atoms with Gasteiger partial charge in [-0.25, -0.2) is 4.79 Å². The van der Waals surface area contributed by atoms with E-state index >= 15 is 0 Å². The molecule has 1 N–H and O–H groups in total. The number of amides is 4. The number of carbonyl (C=O) groups is 3. The lowest BCUT2D eigenvalue weighted by molar-refractivity contribution is -0.125. The summed E-state index contributed by atoms with van der Waals surface area (Å²) < 4.78 is 0. The van der Waals surface area contributed by atoms with Gasteiger partial charge in [-0.15, -0.1) is 0 Å². The zero-order chi connectivity index (χ0) is 18.1. The third kappa shape index (κ3) is 3.06. The van der Waals surface area contributed by atoms with Gasteiger partial charge in [0.25, 0.3) is 5.91 Å². The lowest BCUT2D eigenvalue weighted by atomic mass is 9.99. The number of hydrogen-bond acceptors (Lipinski definition) is 3. The fourth-order valence-corrected chi connectivity index (χ4v) is 3.40. The number of fused-ring (bicyclic) bond motifs is 1. The molecule has 0 spiro atoms. The van der Waals surface area contributed by atoms with Crippen LogP contribution in [0, 0.1) is 0 Å². The molecule has 6 nitrogen and oxygen atoms in total. The highest BCUT2D eigenvalue weighted by Crippen LogP contribution is 2.20. The fraction of sp³-hybridized carbons (Fsp3) is 0.250. The third-order valence-corrected chi connectivity index (χ3v) is 4.90. The number of nitrogens with one attached hydrogen (secondary N) is 1. The highest BCUT2D eigenvalue weighted by molar-refractivity contribution is 6.01. The molecule has 2 heterocycles. The molecule has 0 radical (unpaired) electrons. The minimum Gasteiger partial charge on any atom is -0.334 e. The summed E-state index contributed by atoms with van der Waals surface area (Å²) in [4.78, 5) is 39.1. The number of urea groups is 1. The molecular formula is C20H19N3O3. The first-order chi connectivity index (χ1) is 12.6. The largest absolute Gasteiger partial charge is 0.334 e. The number of nitrogens with zero attached hydrogens (tertiary/aromatic N) is 2. The van der Waals surface area contributed by atoms with Crippen LogP contribution in [-0.2, 0) is 24.3 Å². The molecule has 4 amide bonds. The standard InChI is InChI=1S/C20H19N3O3/c24-18-11-21-20(26)23(18)12-14-5-7-16(8-6-14)19(25)22-10-9-15-3-1-2-4-17(15)13-22/h1-8H,9-13H2,(H,21,26). The molecule has 2 aromatic rings. The van der Waals surface area contributed by atoms with Gasteiger partial charge in [-0.1, -0.05) is 36.4 Å². The molecule has 4 rings (SSSR count). The van der Waals surface area contributed by atoms with E-state index in [9.17, 15) is 14.4 Å². The molecule has 26 heavy (non-hydrogen) atoms. The maximum atomic E-state index is 12.8. The van der Waals surface area contributed by atoms with E-state index in [1.807, 2.05) is 17.0 Å². The Morgan fingerprint density at radius 3 is 2.42 bits per heavy atom. The van der Waals surface area contributed by atoms with E-state index < -0.39 is 0 Å². The Morgan fingerprint density at radius 1 is 1.00 bits per heavy atom. The number of rotatable bonds is 3. The maximum absolute atomic E-state index is 12.8. The number of hydrogen-bond donors (Lipinski definition) is 1. The predicted molar refractivity (Wildman–Crippen MR) is 95.3 cm³/mol. The summed E-state index contributed by atoms with van der Waals surface area (Å²) in [5, 5.41) is 2.50. The van der Waals surface area contributed by atoms with Crippen LogP contribution in [0.1, 0.15) is 27.0 Å². The summed E-state index contributed by atoms with van der Waals surface area (Å²) >= 11 is 0. The lowest BCUT2D eigenvalue weighted by Crippen LogP contribution is -2.36. The Kier molecular flexibility index (Phi) is 4.16. The van der Waals surface area contributed by atoms with Crippen LogP contribution in [0.5, 0.6) is 0 Å². The average molecular weight is 349 g/mol. The maximum Gasteiger partial charge on any atom is 0.324 e. The Balaban J connectivity index is 1.44. The van der Waals surface area contributed by atoms with Crippen molar-refractivity contribution in [3.8, 4) is 0 Å². The van der Waals surface area contributed by atoms with Crippen molar-refractivity contribution >= 4 is 17.8 Å². The van der Waals surface area contributed by atoms with Crippen molar-refractivity contribution in [3.05, 3.63) is 70.8 Å². The average Bonchev–Trinajstić information content (AvgIpc) is 2.99. The van der Waals surface area contributed by atoms with Crippen molar-refractivity contribution in [3.63, 3.8) is 0 Å². The van der Waals surface area contributed by atoms with Gasteiger partial charge < -0.3 is 10.2 Å². The van der Waals surface area contributed by atoms with E-state index in [0.29, 0.717) is 18.7 Å². The molecule has 0 unspecified atom stereocenters. The Morgan fingerprint density at radius 2 is 1.73 bits per heavy atom. The molecule has 0 atom stereocenters. The molecule has 1 saturated heterocycles. The van der Waals surface area contributed by atoms with Gasteiger partial charge in [-0.2, -0.15) is 0 Å². The monoisotopic (exact) mass is 349 g/mol. The van der Waals surface area contributed by atoms with Crippen molar-refractivity contribution in [2.75, 3.05) is 13.1 Å². The highest BCUT2D eigenvalue weighted by atomic mass is 16.2. The van der Waals surface area contributed by atoms with Crippen LogP contribution >= 0.6 is 0 Å². The van der Waals surface area contributed by atoms with Gasteiger partial charge in [0.05, 0.1) is 13.1 Å². The first-order valence-corrected chi connectivity index (χ1v) is 8.65. The molecule has 1 fully saturated rings. The van der Waals surface area contributed by atoms with E-state index in [1.165, 1.54) is 16.0 Å². The molecule has 6 heteroatoms. The van der Waals surface area contributed by atoms with Gasteiger partial charge in [0, 0.05) is 18.7 Å². The third-order valence-electron chi connectivity index (χ3n) is 4.90. The van der Waals surface area contributed by atoms with Crippen LogP contribution in [0.2, 0.25) is 0 Å². The van der Waals surface area contributed by atoms with Gasteiger partial charge >= 0.3 is 6.03 Å². The summed E-state index contributed by atoms with van der Waals surface area (Å²) in [7, 11) is 0. The molecule has 0 saturated carbocycles. The van der Waals surface area contributed by atoms with Gasteiger partial charge in [-0.3, -0.25) is 14.5 Å². The molecular weight excluding hydrogens is 330 g/mol. The lowest BCUT2D eigenvalue weighted by Gasteiger charge is -2.29. The van der Waals surface area contributed by atoms with Gasteiger partial charge in [0.2, 0.25) is 5.91 Å². The number of imide groups is 1. The molecule has 0 aromatic heterocycles. The second kappa shape index (κ2) is 6.63. The smallest absolute Gasteiger partial charge is 0.324 e. The SMILES string of the molecule is O=C(c1ccc(CN2C(=O)CNC2=O)cc1)N1CCc2ccccc2C1. The van der Waals surface area contributed by atoms with Crippen molar-refractivity contribution in [1.29, 1.82) is 0 Å². The quantitative estimate of drug-likeness (QED) is 0.861. The van der Waals surface area contributed by atoms with E-state index in [0.717, 1.165) is 12.0 Å². The zero-order valence-corrected chi connectivity index (χ0v) is 14.3. The summed E-state index contributed by atoms with van der Waals surface area (Å²) in [5.41, 5.74) is 3.93. The molecule has 132 valence electrons. The second-order valence-electron chi connectivity index (χ2n) is 6.58. The normalized spacial score (nSPS) is 16.5. The number of benzene rings is 2. The van der Waals surface area contributed by atoms with Crippen LogP contribution in [0.25, 0.3) is 0 Å². The molecule has 2 aliphatic rings.